The first-order valence-electron chi connectivity index (χ1n) is 5.59. The molecule has 0 fully saturated rings. The number of carbonyl (C=O) groups is 1. The van der Waals surface area contributed by atoms with Gasteiger partial charge in [-0.1, -0.05) is 46.6 Å². The second kappa shape index (κ2) is 6.00. The topological polar surface area (TPSA) is 17.1 Å². The molecule has 0 aliphatic rings. The lowest BCUT2D eigenvalue weighted by Gasteiger charge is -2.15. The summed E-state index contributed by atoms with van der Waals surface area (Å²) in [6.07, 6.45) is 6.62. The van der Waals surface area contributed by atoms with Crippen LogP contribution in [0.1, 0.15) is 60.3 Å². The van der Waals surface area contributed by atoms with Crippen LogP contribution in [0.2, 0.25) is 0 Å². The van der Waals surface area contributed by atoms with Crippen molar-refractivity contribution >= 4 is 5.78 Å². The van der Waals surface area contributed by atoms with Crippen molar-refractivity contribution in [3.63, 3.8) is 0 Å². The maximum absolute atomic E-state index is 11.3. The Balaban J connectivity index is 4.31. The number of hydrogen-bond acceptors (Lipinski definition) is 1. The molecule has 0 aromatic carbocycles. The van der Waals surface area contributed by atoms with Gasteiger partial charge in [-0.2, -0.15) is 0 Å². The number of carbonyl (C=O) groups excluding carboxylic acids is 1. The van der Waals surface area contributed by atoms with Gasteiger partial charge in [0.1, 0.15) is 0 Å². The largest absolute Gasteiger partial charge is 0.295 e. The Bertz CT molecular complexity index is 206. The predicted molar refractivity (Wildman–Crippen MR) is 62.4 cm³/mol. The fourth-order valence-electron chi connectivity index (χ4n) is 1.44. The monoisotopic (exact) mass is 196 g/mol. The van der Waals surface area contributed by atoms with Gasteiger partial charge in [0.2, 0.25) is 0 Å². The third-order valence-electron chi connectivity index (χ3n) is 2.11. The molecule has 0 aromatic rings. The van der Waals surface area contributed by atoms with Crippen LogP contribution in [0, 0.1) is 5.41 Å². The highest BCUT2D eigenvalue weighted by molar-refractivity contribution is 5.93. The van der Waals surface area contributed by atoms with E-state index in [-0.39, 0.29) is 11.2 Å². The van der Waals surface area contributed by atoms with Gasteiger partial charge < -0.3 is 0 Å². The van der Waals surface area contributed by atoms with Crippen LogP contribution in [0.3, 0.4) is 0 Å². The standard InChI is InChI=1S/C13H24O/c1-6-7-8-9-12(11(2)14)10-13(3,4)5/h10H,6-9H2,1-5H3. The molecule has 1 heteroatoms. The Labute approximate surface area is 88.6 Å². The van der Waals surface area contributed by atoms with Crippen LogP contribution in [-0.2, 0) is 4.79 Å². The molecule has 0 rings (SSSR count). The Kier molecular flexibility index (Phi) is 5.75. The Hall–Kier alpha value is -0.590. The van der Waals surface area contributed by atoms with E-state index in [0.29, 0.717) is 0 Å². The Morgan fingerprint density at radius 1 is 1.21 bits per heavy atom. The zero-order chi connectivity index (χ0) is 11.2. The summed E-state index contributed by atoms with van der Waals surface area (Å²) in [4.78, 5) is 11.3. The van der Waals surface area contributed by atoms with Crippen LogP contribution in [0.25, 0.3) is 0 Å². The fourth-order valence-corrected chi connectivity index (χ4v) is 1.44. The summed E-state index contributed by atoms with van der Waals surface area (Å²) >= 11 is 0. The Morgan fingerprint density at radius 3 is 2.14 bits per heavy atom. The van der Waals surface area contributed by atoms with Crippen molar-refractivity contribution in [1.29, 1.82) is 0 Å². The number of unbranched alkanes of at least 4 members (excludes halogenated alkanes) is 2. The van der Waals surface area contributed by atoms with Gasteiger partial charge in [0, 0.05) is 0 Å². The minimum atomic E-state index is 0.118. The molecule has 0 saturated carbocycles. The number of hydrogen-bond donors (Lipinski definition) is 0. The predicted octanol–water partition coefficient (Wildman–Crippen LogP) is 4.13. The first-order chi connectivity index (χ1) is 6.37. The lowest BCUT2D eigenvalue weighted by atomic mass is 9.90. The molecule has 0 N–H and O–H groups in total. The fraction of sp³-hybridized carbons (Fsp3) is 0.769. The van der Waals surface area contributed by atoms with Gasteiger partial charge in [0.25, 0.3) is 0 Å². The third-order valence-corrected chi connectivity index (χ3v) is 2.11. The maximum atomic E-state index is 11.3. The highest BCUT2D eigenvalue weighted by Crippen LogP contribution is 2.21. The van der Waals surface area contributed by atoms with Gasteiger partial charge in [-0.05, 0) is 30.8 Å². The van der Waals surface area contributed by atoms with Crippen LogP contribution >= 0.6 is 0 Å². The van der Waals surface area contributed by atoms with E-state index >= 15 is 0 Å². The normalized spacial score (nSPS) is 13.1. The first-order valence-corrected chi connectivity index (χ1v) is 5.59. The molecule has 0 spiro atoms. The van der Waals surface area contributed by atoms with Crippen molar-refractivity contribution in [2.24, 2.45) is 5.41 Å². The van der Waals surface area contributed by atoms with Crippen LogP contribution in [0.4, 0.5) is 0 Å². The summed E-state index contributed by atoms with van der Waals surface area (Å²) in [5, 5.41) is 0. The highest BCUT2D eigenvalue weighted by atomic mass is 16.1. The smallest absolute Gasteiger partial charge is 0.155 e. The van der Waals surface area contributed by atoms with Gasteiger partial charge in [0.05, 0.1) is 0 Å². The summed E-state index contributed by atoms with van der Waals surface area (Å²) in [7, 11) is 0. The second-order valence-corrected chi connectivity index (χ2v) is 5.05. The average molecular weight is 196 g/mol. The quantitative estimate of drug-likeness (QED) is 0.477. The summed E-state index contributed by atoms with van der Waals surface area (Å²) in [6, 6.07) is 0. The van der Waals surface area contributed by atoms with E-state index in [4.69, 9.17) is 0 Å². The van der Waals surface area contributed by atoms with Crippen molar-refractivity contribution in [3.05, 3.63) is 11.6 Å². The zero-order valence-corrected chi connectivity index (χ0v) is 10.3. The van der Waals surface area contributed by atoms with Gasteiger partial charge in [0.15, 0.2) is 5.78 Å². The van der Waals surface area contributed by atoms with Crippen LogP contribution in [-0.4, -0.2) is 5.78 Å². The third kappa shape index (κ3) is 6.88. The molecule has 0 atom stereocenters. The molecule has 1 nitrogen and oxygen atoms in total. The van der Waals surface area contributed by atoms with Gasteiger partial charge in [-0.3, -0.25) is 4.79 Å². The molecule has 0 unspecified atom stereocenters. The van der Waals surface area contributed by atoms with E-state index in [9.17, 15) is 4.79 Å². The molecule has 0 radical (unpaired) electrons. The molecular weight excluding hydrogens is 172 g/mol. The van der Waals surface area contributed by atoms with Crippen molar-refractivity contribution in [2.45, 2.75) is 60.3 Å². The lowest BCUT2D eigenvalue weighted by Crippen LogP contribution is -2.06. The summed E-state index contributed by atoms with van der Waals surface area (Å²) < 4.78 is 0. The van der Waals surface area contributed by atoms with E-state index in [2.05, 4.69) is 33.8 Å². The van der Waals surface area contributed by atoms with Crippen molar-refractivity contribution in [1.82, 2.24) is 0 Å². The van der Waals surface area contributed by atoms with E-state index in [0.717, 1.165) is 18.4 Å². The van der Waals surface area contributed by atoms with E-state index in [1.165, 1.54) is 12.8 Å². The summed E-state index contributed by atoms with van der Waals surface area (Å²) in [5.74, 6) is 0.232. The van der Waals surface area contributed by atoms with Gasteiger partial charge in [-0.15, -0.1) is 0 Å². The Morgan fingerprint density at radius 2 is 1.79 bits per heavy atom. The first kappa shape index (κ1) is 13.4. The van der Waals surface area contributed by atoms with Gasteiger partial charge in [-0.25, -0.2) is 0 Å². The molecular formula is C13H24O. The minimum absolute atomic E-state index is 0.118. The van der Waals surface area contributed by atoms with Crippen molar-refractivity contribution in [3.8, 4) is 0 Å². The van der Waals surface area contributed by atoms with Crippen LogP contribution < -0.4 is 0 Å². The lowest BCUT2D eigenvalue weighted by molar-refractivity contribution is -0.113. The number of allylic oxidation sites excluding steroid dienone is 2. The number of Topliss-reactive ketones (excluding diaryl/α,β-unsaturated/α-hetero) is 1. The second-order valence-electron chi connectivity index (χ2n) is 5.05. The molecule has 0 bridgehead atoms. The molecule has 0 aliphatic heterocycles. The molecule has 0 aliphatic carbocycles. The van der Waals surface area contributed by atoms with Crippen molar-refractivity contribution in [2.75, 3.05) is 0 Å². The highest BCUT2D eigenvalue weighted by Gasteiger charge is 2.11. The van der Waals surface area contributed by atoms with Crippen molar-refractivity contribution < 1.29 is 4.79 Å². The molecule has 0 amide bonds. The van der Waals surface area contributed by atoms with E-state index < -0.39 is 0 Å². The molecule has 0 saturated heterocycles. The van der Waals surface area contributed by atoms with E-state index in [1.54, 1.807) is 6.92 Å². The SMILES string of the molecule is CCCCCC(=CC(C)(C)C)C(C)=O. The average Bonchev–Trinajstić information content (AvgIpc) is 2.00. The zero-order valence-electron chi connectivity index (χ0n) is 10.3. The van der Waals surface area contributed by atoms with E-state index in [1.807, 2.05) is 0 Å². The summed E-state index contributed by atoms with van der Waals surface area (Å²) in [6.45, 7) is 10.3. The van der Waals surface area contributed by atoms with Crippen LogP contribution in [0.15, 0.2) is 11.6 Å². The number of ketones is 1. The maximum Gasteiger partial charge on any atom is 0.155 e. The summed E-state index contributed by atoms with van der Waals surface area (Å²) in [5.41, 5.74) is 1.12. The minimum Gasteiger partial charge on any atom is -0.295 e. The number of rotatable bonds is 5. The molecule has 82 valence electrons. The molecule has 14 heavy (non-hydrogen) atoms. The molecule has 0 heterocycles. The van der Waals surface area contributed by atoms with Gasteiger partial charge >= 0.3 is 0 Å². The molecule has 0 aromatic heterocycles. The van der Waals surface area contributed by atoms with Crippen LogP contribution in [0.5, 0.6) is 0 Å².